The van der Waals surface area contributed by atoms with E-state index < -0.39 is 10.0 Å². The predicted molar refractivity (Wildman–Crippen MR) is 93.4 cm³/mol. The first-order valence-electron chi connectivity index (χ1n) is 7.25. The molecule has 2 aromatic carbocycles. The number of rotatable bonds is 5. The van der Waals surface area contributed by atoms with E-state index in [0.717, 1.165) is 4.31 Å². The third kappa shape index (κ3) is 3.91. The first-order valence-corrected chi connectivity index (χ1v) is 8.86. The summed E-state index contributed by atoms with van der Waals surface area (Å²) in [7, 11) is -1.95. The van der Waals surface area contributed by atoms with Gasteiger partial charge in [-0.25, -0.2) is 8.42 Å². The maximum atomic E-state index is 12.3. The lowest BCUT2D eigenvalue weighted by Crippen LogP contribution is -2.28. The van der Waals surface area contributed by atoms with Gasteiger partial charge < -0.3 is 5.32 Å². The number of hydrogen-bond donors (Lipinski definition) is 1. The normalized spacial score (nSPS) is 10.7. The van der Waals surface area contributed by atoms with Crippen LogP contribution < -0.4 is 9.62 Å². The zero-order valence-corrected chi connectivity index (χ0v) is 14.2. The van der Waals surface area contributed by atoms with Crippen LogP contribution in [0.3, 0.4) is 0 Å². The third-order valence-corrected chi connectivity index (χ3v) is 5.28. The number of benzene rings is 2. The summed E-state index contributed by atoms with van der Waals surface area (Å²) >= 11 is 0. The molecule has 0 spiro atoms. The molecule has 1 amide bonds. The maximum absolute atomic E-state index is 12.3. The van der Waals surface area contributed by atoms with Crippen molar-refractivity contribution in [2.24, 2.45) is 0 Å². The van der Waals surface area contributed by atoms with E-state index in [2.05, 4.69) is 5.32 Å². The number of anilines is 2. The van der Waals surface area contributed by atoms with E-state index in [1.165, 1.54) is 13.1 Å². The van der Waals surface area contributed by atoms with E-state index in [1.54, 1.807) is 49.4 Å². The molecule has 0 aliphatic rings. The van der Waals surface area contributed by atoms with Gasteiger partial charge in [-0.3, -0.25) is 9.10 Å². The lowest BCUT2D eigenvalue weighted by atomic mass is 10.1. The summed E-state index contributed by atoms with van der Waals surface area (Å²) in [5.74, 6) is -0.407. The molecule has 0 heterocycles. The van der Waals surface area contributed by atoms with Gasteiger partial charge in [0.1, 0.15) is 0 Å². The molecular formula is C17H17N3O3S. The molecule has 24 heavy (non-hydrogen) atoms. The zero-order chi connectivity index (χ0) is 17.7. The highest BCUT2D eigenvalue weighted by Gasteiger charge is 2.17. The lowest BCUT2D eigenvalue weighted by molar-refractivity contribution is 0.102. The number of nitrogens with zero attached hydrogens (tertiary/aromatic N) is 2. The van der Waals surface area contributed by atoms with Crippen LogP contribution in [0.2, 0.25) is 0 Å². The summed E-state index contributed by atoms with van der Waals surface area (Å²) in [4.78, 5) is 12.3. The van der Waals surface area contributed by atoms with Crippen LogP contribution in [0.4, 0.5) is 11.4 Å². The summed E-state index contributed by atoms with van der Waals surface area (Å²) in [6.07, 6.45) is 0. The predicted octanol–water partition coefficient (Wildman–Crippen LogP) is 2.60. The monoisotopic (exact) mass is 343 g/mol. The smallest absolute Gasteiger partial charge is 0.255 e. The summed E-state index contributed by atoms with van der Waals surface area (Å²) in [5, 5.41) is 11.6. The van der Waals surface area contributed by atoms with Gasteiger partial charge in [0.2, 0.25) is 10.0 Å². The van der Waals surface area contributed by atoms with E-state index in [9.17, 15) is 13.2 Å². The Labute approximate surface area is 141 Å². The van der Waals surface area contributed by atoms with E-state index in [1.807, 2.05) is 6.07 Å². The summed E-state index contributed by atoms with van der Waals surface area (Å²) in [5.41, 5.74) is 1.68. The second kappa shape index (κ2) is 7.15. The van der Waals surface area contributed by atoms with Crippen molar-refractivity contribution in [1.29, 1.82) is 5.26 Å². The third-order valence-electron chi connectivity index (χ3n) is 3.50. The molecule has 2 aromatic rings. The molecule has 0 saturated carbocycles. The van der Waals surface area contributed by atoms with E-state index >= 15 is 0 Å². The number of amides is 1. The average Bonchev–Trinajstić information content (AvgIpc) is 2.61. The Kier molecular flexibility index (Phi) is 5.21. The summed E-state index contributed by atoms with van der Waals surface area (Å²) < 4.78 is 25.0. The van der Waals surface area contributed by atoms with Crippen LogP contribution in [0.25, 0.3) is 0 Å². The minimum Gasteiger partial charge on any atom is -0.322 e. The largest absolute Gasteiger partial charge is 0.322 e. The van der Waals surface area contributed by atoms with Crippen molar-refractivity contribution in [1.82, 2.24) is 0 Å². The highest BCUT2D eigenvalue weighted by molar-refractivity contribution is 7.92. The summed E-state index contributed by atoms with van der Waals surface area (Å²) in [6.45, 7) is 1.56. The highest BCUT2D eigenvalue weighted by Crippen LogP contribution is 2.19. The molecule has 0 atom stereocenters. The second-order valence-corrected chi connectivity index (χ2v) is 7.35. The van der Waals surface area contributed by atoms with Gasteiger partial charge in [-0.05, 0) is 43.3 Å². The van der Waals surface area contributed by atoms with E-state index in [0.29, 0.717) is 22.5 Å². The zero-order valence-electron chi connectivity index (χ0n) is 13.4. The molecule has 1 N–H and O–H groups in total. The molecule has 0 aliphatic heterocycles. The molecule has 0 radical (unpaired) electrons. The van der Waals surface area contributed by atoms with Crippen LogP contribution in [0.1, 0.15) is 22.8 Å². The van der Waals surface area contributed by atoms with Crippen molar-refractivity contribution < 1.29 is 13.2 Å². The Morgan fingerprint density at radius 3 is 2.58 bits per heavy atom. The number of nitriles is 1. The molecule has 6 nitrogen and oxygen atoms in total. The van der Waals surface area contributed by atoms with Crippen molar-refractivity contribution in [3.8, 4) is 6.07 Å². The first-order chi connectivity index (χ1) is 11.4. The number of sulfonamides is 1. The van der Waals surface area contributed by atoms with Crippen LogP contribution in [0, 0.1) is 11.3 Å². The molecule has 0 saturated heterocycles. The fourth-order valence-corrected chi connectivity index (χ4v) is 2.89. The quantitative estimate of drug-likeness (QED) is 0.903. The second-order valence-electron chi connectivity index (χ2n) is 5.07. The van der Waals surface area contributed by atoms with Crippen molar-refractivity contribution in [3.63, 3.8) is 0 Å². The lowest BCUT2D eigenvalue weighted by Gasteiger charge is -2.19. The first kappa shape index (κ1) is 17.5. The molecule has 0 fully saturated rings. The standard InChI is InChI=1S/C17H17N3O3S/c1-3-24(22,23)20(2)16-9-5-7-14(11-16)17(21)19-15-8-4-6-13(10-15)12-18/h4-11H,3H2,1-2H3,(H,19,21). The fourth-order valence-electron chi connectivity index (χ4n) is 2.07. The highest BCUT2D eigenvalue weighted by atomic mass is 32.2. The number of hydrogen-bond acceptors (Lipinski definition) is 4. The van der Waals surface area contributed by atoms with Crippen molar-refractivity contribution in [2.75, 3.05) is 22.4 Å². The number of carbonyl (C=O) groups is 1. The molecule has 2 rings (SSSR count). The average molecular weight is 343 g/mol. The van der Waals surface area contributed by atoms with Gasteiger partial charge in [-0.1, -0.05) is 12.1 Å². The van der Waals surface area contributed by atoms with Crippen molar-refractivity contribution >= 4 is 27.3 Å². The van der Waals surface area contributed by atoms with Gasteiger partial charge in [0, 0.05) is 18.3 Å². The Morgan fingerprint density at radius 1 is 1.21 bits per heavy atom. The Morgan fingerprint density at radius 2 is 1.92 bits per heavy atom. The van der Waals surface area contributed by atoms with Gasteiger partial charge in [0.25, 0.3) is 5.91 Å². The van der Waals surface area contributed by atoms with Crippen LogP contribution >= 0.6 is 0 Å². The molecular weight excluding hydrogens is 326 g/mol. The topological polar surface area (TPSA) is 90.3 Å². The van der Waals surface area contributed by atoms with Gasteiger partial charge in [0.05, 0.1) is 23.1 Å². The van der Waals surface area contributed by atoms with Crippen LogP contribution in [-0.4, -0.2) is 27.1 Å². The van der Waals surface area contributed by atoms with Crippen molar-refractivity contribution in [3.05, 3.63) is 59.7 Å². The molecule has 0 bridgehead atoms. The SMILES string of the molecule is CCS(=O)(=O)N(C)c1cccc(C(=O)Nc2cccc(C#N)c2)c1. The van der Waals surface area contributed by atoms with Gasteiger partial charge in [-0.2, -0.15) is 5.26 Å². The van der Waals surface area contributed by atoms with Crippen LogP contribution in [0.5, 0.6) is 0 Å². The minimum atomic E-state index is -3.40. The van der Waals surface area contributed by atoms with Crippen molar-refractivity contribution in [2.45, 2.75) is 6.92 Å². The Bertz CT molecular complexity index is 901. The van der Waals surface area contributed by atoms with E-state index in [4.69, 9.17) is 5.26 Å². The van der Waals surface area contributed by atoms with E-state index in [-0.39, 0.29) is 11.7 Å². The number of nitrogens with one attached hydrogen (secondary N) is 1. The molecule has 0 aromatic heterocycles. The molecule has 7 heteroatoms. The molecule has 124 valence electrons. The summed E-state index contributed by atoms with van der Waals surface area (Å²) in [6, 6.07) is 14.9. The van der Waals surface area contributed by atoms with Gasteiger partial charge in [0.15, 0.2) is 0 Å². The van der Waals surface area contributed by atoms with Crippen LogP contribution in [-0.2, 0) is 10.0 Å². The fraction of sp³-hybridized carbons (Fsp3) is 0.176. The van der Waals surface area contributed by atoms with Crippen LogP contribution in [0.15, 0.2) is 48.5 Å². The minimum absolute atomic E-state index is 0.0269. The number of carbonyl (C=O) groups excluding carboxylic acids is 1. The molecule has 0 unspecified atom stereocenters. The Hall–Kier alpha value is -2.85. The Balaban J connectivity index is 2.25. The maximum Gasteiger partial charge on any atom is 0.255 e. The molecule has 0 aliphatic carbocycles. The van der Waals surface area contributed by atoms with Gasteiger partial charge in [-0.15, -0.1) is 0 Å². The van der Waals surface area contributed by atoms with Gasteiger partial charge >= 0.3 is 0 Å².